The van der Waals surface area contributed by atoms with Crippen LogP contribution in [0.15, 0.2) is 23.1 Å². The van der Waals surface area contributed by atoms with E-state index in [4.69, 9.17) is 0 Å². The third kappa shape index (κ3) is 3.14. The van der Waals surface area contributed by atoms with Crippen LogP contribution in [0.4, 0.5) is 0 Å². The topological polar surface area (TPSA) is 86.7 Å². The Morgan fingerprint density at radius 2 is 1.84 bits per heavy atom. The fourth-order valence-corrected chi connectivity index (χ4v) is 5.29. The monoisotopic (exact) mass is 381 g/mol. The number of likely N-dealkylation sites (tertiary alicyclic amines) is 1. The maximum Gasteiger partial charge on any atom is 0.245 e. The smallest absolute Gasteiger partial charge is 0.245 e. The second kappa shape index (κ2) is 6.60. The van der Waals surface area contributed by atoms with Gasteiger partial charge in [-0.1, -0.05) is 6.07 Å². The van der Waals surface area contributed by atoms with Crippen LogP contribution in [0.1, 0.15) is 6.42 Å². The van der Waals surface area contributed by atoms with Gasteiger partial charge in [0.1, 0.15) is 15.9 Å². The number of aromatic nitrogens is 2. The van der Waals surface area contributed by atoms with Crippen molar-refractivity contribution in [2.24, 2.45) is 0 Å². The molecule has 2 aliphatic heterocycles. The molecule has 1 aromatic heterocycles. The molecule has 0 N–H and O–H groups in total. The van der Waals surface area contributed by atoms with Crippen molar-refractivity contribution in [3.8, 4) is 0 Å². The molecule has 2 fully saturated rings. The Bertz CT molecular complexity index is 885. The third-order valence-electron chi connectivity index (χ3n) is 4.77. The van der Waals surface area contributed by atoms with E-state index in [1.165, 1.54) is 4.31 Å². The molecule has 3 heterocycles. The molecule has 4 rings (SSSR count). The Morgan fingerprint density at radius 3 is 2.52 bits per heavy atom. The van der Waals surface area contributed by atoms with Gasteiger partial charge in [0, 0.05) is 39.3 Å². The van der Waals surface area contributed by atoms with Crippen molar-refractivity contribution in [3.63, 3.8) is 0 Å². The molecule has 134 valence electrons. The molecule has 0 saturated carbocycles. The van der Waals surface area contributed by atoms with E-state index >= 15 is 0 Å². The van der Waals surface area contributed by atoms with E-state index in [-0.39, 0.29) is 10.8 Å². The van der Waals surface area contributed by atoms with Crippen LogP contribution in [0.25, 0.3) is 11.0 Å². The van der Waals surface area contributed by atoms with E-state index in [0.717, 1.165) is 31.2 Å². The molecule has 0 unspecified atom stereocenters. The largest absolute Gasteiger partial charge is 0.341 e. The number of amides is 1. The Hall–Kier alpha value is -1.62. The van der Waals surface area contributed by atoms with Crippen molar-refractivity contribution in [1.82, 2.24) is 22.9 Å². The van der Waals surface area contributed by atoms with Gasteiger partial charge in [-0.15, -0.1) is 0 Å². The molecule has 25 heavy (non-hydrogen) atoms. The summed E-state index contributed by atoms with van der Waals surface area (Å²) in [6.45, 7) is 3.94. The minimum atomic E-state index is -3.60. The number of sulfonamides is 1. The Labute approximate surface area is 150 Å². The highest BCUT2D eigenvalue weighted by atomic mass is 32.2. The van der Waals surface area contributed by atoms with Gasteiger partial charge in [0.15, 0.2) is 0 Å². The molecular weight excluding hydrogens is 362 g/mol. The zero-order chi connectivity index (χ0) is 17.4. The summed E-state index contributed by atoms with van der Waals surface area (Å²) in [5, 5.41) is 0. The van der Waals surface area contributed by atoms with Crippen LogP contribution in [0.3, 0.4) is 0 Å². The summed E-state index contributed by atoms with van der Waals surface area (Å²) < 4.78 is 35.6. The second-order valence-electron chi connectivity index (χ2n) is 6.30. The molecule has 0 bridgehead atoms. The van der Waals surface area contributed by atoms with Crippen molar-refractivity contribution in [1.29, 1.82) is 0 Å². The van der Waals surface area contributed by atoms with Crippen molar-refractivity contribution in [3.05, 3.63) is 18.2 Å². The first-order valence-electron chi connectivity index (χ1n) is 8.27. The van der Waals surface area contributed by atoms with Crippen molar-refractivity contribution in [2.75, 3.05) is 45.8 Å². The van der Waals surface area contributed by atoms with Crippen LogP contribution in [-0.4, -0.2) is 83.0 Å². The lowest BCUT2D eigenvalue weighted by Crippen LogP contribution is -2.53. The number of carbonyl (C=O) groups is 1. The molecule has 2 aromatic rings. The standard InChI is InChI=1S/C15H19N5O3S2/c21-14(19-5-2-6-19)11-18-7-9-20(10-8-18)25(22,23)13-4-1-3-12-15(13)17-24-16-12/h1,3-4H,2,5-11H2. The summed E-state index contributed by atoms with van der Waals surface area (Å²) in [6.07, 6.45) is 1.08. The number of hydrogen-bond acceptors (Lipinski definition) is 7. The van der Waals surface area contributed by atoms with Gasteiger partial charge in [0.2, 0.25) is 15.9 Å². The highest BCUT2D eigenvalue weighted by Gasteiger charge is 2.32. The van der Waals surface area contributed by atoms with E-state index in [1.807, 2.05) is 9.80 Å². The molecule has 0 atom stereocenters. The van der Waals surface area contributed by atoms with Crippen molar-refractivity contribution in [2.45, 2.75) is 11.3 Å². The number of hydrogen-bond donors (Lipinski definition) is 0. The number of benzene rings is 1. The van der Waals surface area contributed by atoms with Crippen LogP contribution < -0.4 is 0 Å². The Kier molecular flexibility index (Phi) is 4.44. The molecule has 1 aromatic carbocycles. The fourth-order valence-electron chi connectivity index (χ4n) is 3.11. The Balaban J connectivity index is 1.44. The van der Waals surface area contributed by atoms with Crippen LogP contribution >= 0.6 is 11.7 Å². The molecule has 2 saturated heterocycles. The zero-order valence-corrected chi connectivity index (χ0v) is 15.3. The average molecular weight is 381 g/mol. The van der Waals surface area contributed by atoms with Gasteiger partial charge in [0.25, 0.3) is 0 Å². The average Bonchev–Trinajstić information content (AvgIpc) is 3.02. The van der Waals surface area contributed by atoms with Gasteiger partial charge in [0.05, 0.1) is 18.3 Å². The van der Waals surface area contributed by atoms with E-state index < -0.39 is 10.0 Å². The lowest BCUT2D eigenvalue weighted by atomic mass is 10.2. The number of carbonyl (C=O) groups excluding carboxylic acids is 1. The van der Waals surface area contributed by atoms with Gasteiger partial charge in [-0.25, -0.2) is 8.42 Å². The lowest BCUT2D eigenvalue weighted by molar-refractivity contribution is -0.136. The lowest BCUT2D eigenvalue weighted by Gasteiger charge is -2.36. The third-order valence-corrected chi connectivity index (χ3v) is 7.24. The van der Waals surface area contributed by atoms with E-state index in [9.17, 15) is 13.2 Å². The summed E-state index contributed by atoms with van der Waals surface area (Å²) in [5.41, 5.74) is 1.03. The first-order chi connectivity index (χ1) is 12.1. The number of fused-ring (bicyclic) bond motifs is 1. The second-order valence-corrected chi connectivity index (χ2v) is 8.74. The molecule has 0 spiro atoms. The van der Waals surface area contributed by atoms with E-state index in [2.05, 4.69) is 8.75 Å². The molecule has 2 aliphatic rings. The fraction of sp³-hybridized carbons (Fsp3) is 0.533. The van der Waals surface area contributed by atoms with Crippen LogP contribution in [0.2, 0.25) is 0 Å². The van der Waals surface area contributed by atoms with Gasteiger partial charge in [-0.3, -0.25) is 9.69 Å². The van der Waals surface area contributed by atoms with E-state index in [0.29, 0.717) is 43.8 Å². The summed E-state index contributed by atoms with van der Waals surface area (Å²) in [7, 11) is -3.60. The molecule has 1 amide bonds. The summed E-state index contributed by atoms with van der Waals surface area (Å²) in [6, 6.07) is 5.04. The molecule has 10 heteroatoms. The quantitative estimate of drug-likeness (QED) is 0.754. The number of nitrogens with zero attached hydrogens (tertiary/aromatic N) is 5. The predicted molar refractivity (Wildman–Crippen MR) is 93.8 cm³/mol. The van der Waals surface area contributed by atoms with E-state index in [1.54, 1.807) is 18.2 Å². The summed E-state index contributed by atoms with van der Waals surface area (Å²) in [4.78, 5) is 16.1. The van der Waals surface area contributed by atoms with Gasteiger partial charge in [-0.05, 0) is 18.6 Å². The first-order valence-corrected chi connectivity index (χ1v) is 10.4. The van der Waals surface area contributed by atoms with Gasteiger partial charge >= 0.3 is 0 Å². The maximum absolute atomic E-state index is 13.0. The minimum Gasteiger partial charge on any atom is -0.341 e. The Morgan fingerprint density at radius 1 is 1.08 bits per heavy atom. The molecule has 8 nitrogen and oxygen atoms in total. The van der Waals surface area contributed by atoms with Crippen LogP contribution in [0.5, 0.6) is 0 Å². The van der Waals surface area contributed by atoms with Gasteiger partial charge < -0.3 is 4.90 Å². The van der Waals surface area contributed by atoms with Crippen LogP contribution in [-0.2, 0) is 14.8 Å². The van der Waals surface area contributed by atoms with Crippen molar-refractivity contribution < 1.29 is 13.2 Å². The highest BCUT2D eigenvalue weighted by Crippen LogP contribution is 2.25. The minimum absolute atomic E-state index is 0.140. The SMILES string of the molecule is O=C(CN1CCN(S(=O)(=O)c2cccc3nsnc23)CC1)N1CCC1. The summed E-state index contributed by atoms with van der Waals surface area (Å²) >= 11 is 1.01. The van der Waals surface area contributed by atoms with Crippen LogP contribution in [0, 0.1) is 0 Å². The molecular formula is C15H19N5O3S2. The molecule has 0 aliphatic carbocycles. The number of rotatable bonds is 4. The summed E-state index contributed by atoms with van der Waals surface area (Å²) in [5.74, 6) is 0.140. The number of piperazine rings is 1. The first kappa shape index (κ1) is 16.8. The molecule has 0 radical (unpaired) electrons. The zero-order valence-electron chi connectivity index (χ0n) is 13.7. The predicted octanol–water partition coefficient (Wildman–Crippen LogP) is 0.230. The maximum atomic E-state index is 13.0. The normalized spacial score (nSPS) is 19.9. The van der Waals surface area contributed by atoms with Crippen molar-refractivity contribution >= 4 is 38.7 Å². The van der Waals surface area contributed by atoms with Gasteiger partial charge in [-0.2, -0.15) is 13.1 Å². The highest BCUT2D eigenvalue weighted by molar-refractivity contribution is 7.89.